The number of aromatic nitrogens is 4. The van der Waals surface area contributed by atoms with E-state index in [4.69, 9.17) is 9.47 Å². The Morgan fingerprint density at radius 2 is 1.80 bits per heavy atom. The Labute approximate surface area is 145 Å². The highest BCUT2D eigenvalue weighted by atomic mass is 16.6. The van der Waals surface area contributed by atoms with Gasteiger partial charge < -0.3 is 9.47 Å². The fourth-order valence-corrected chi connectivity index (χ4v) is 2.43. The van der Waals surface area contributed by atoms with Gasteiger partial charge in [-0.2, -0.15) is 9.78 Å². The lowest BCUT2D eigenvalue weighted by atomic mass is 10.1. The summed E-state index contributed by atoms with van der Waals surface area (Å²) < 4.78 is 12.1. The number of fused-ring (bicyclic) bond motifs is 1. The monoisotopic (exact) mass is 340 g/mol. The van der Waals surface area contributed by atoms with Crippen molar-refractivity contribution in [3.63, 3.8) is 0 Å². The van der Waals surface area contributed by atoms with Gasteiger partial charge in [0.1, 0.15) is 17.2 Å². The fraction of sp³-hybridized carbons (Fsp3) is 0.333. The third-order valence-corrected chi connectivity index (χ3v) is 3.55. The lowest BCUT2D eigenvalue weighted by molar-refractivity contribution is 0.0522. The van der Waals surface area contributed by atoms with Crippen molar-refractivity contribution in [2.45, 2.75) is 33.3 Å². The smallest absolute Gasteiger partial charge is 0.435 e. The topological polar surface area (TPSA) is 79.1 Å². The van der Waals surface area contributed by atoms with Gasteiger partial charge in [0.2, 0.25) is 0 Å². The Morgan fingerprint density at radius 3 is 2.40 bits per heavy atom. The standard InChI is InChI=1S/C18H20N4O3/c1-11-19-8-13(9-20-11)14-6-12-10-21-22(15(12)7-16(14)24-5)17(23)25-18(2,3)4/h6-10H,1-5H3. The first-order valence-electron chi connectivity index (χ1n) is 7.86. The molecule has 130 valence electrons. The third kappa shape index (κ3) is 3.45. The summed E-state index contributed by atoms with van der Waals surface area (Å²) in [6, 6.07) is 3.66. The van der Waals surface area contributed by atoms with E-state index in [1.54, 1.807) is 31.8 Å². The van der Waals surface area contributed by atoms with Crippen molar-refractivity contribution in [3.8, 4) is 16.9 Å². The highest BCUT2D eigenvalue weighted by Gasteiger charge is 2.21. The van der Waals surface area contributed by atoms with Gasteiger partial charge in [0.25, 0.3) is 0 Å². The van der Waals surface area contributed by atoms with Crippen LogP contribution in [-0.2, 0) is 4.74 Å². The Hall–Kier alpha value is -2.96. The number of methoxy groups -OCH3 is 1. The normalized spacial score (nSPS) is 11.6. The van der Waals surface area contributed by atoms with Crippen molar-refractivity contribution >= 4 is 17.0 Å². The molecule has 7 nitrogen and oxygen atoms in total. The summed E-state index contributed by atoms with van der Waals surface area (Å²) in [5.41, 5.74) is 1.68. The van der Waals surface area contributed by atoms with E-state index >= 15 is 0 Å². The van der Waals surface area contributed by atoms with Gasteiger partial charge in [-0.15, -0.1) is 0 Å². The minimum atomic E-state index is -0.599. The van der Waals surface area contributed by atoms with Crippen molar-refractivity contribution in [1.29, 1.82) is 0 Å². The minimum absolute atomic E-state index is 0.532. The average Bonchev–Trinajstić information content (AvgIpc) is 2.95. The molecule has 0 atom stereocenters. The van der Waals surface area contributed by atoms with Crippen LogP contribution in [0.2, 0.25) is 0 Å². The maximum atomic E-state index is 12.3. The van der Waals surface area contributed by atoms with Crippen molar-refractivity contribution in [1.82, 2.24) is 19.7 Å². The van der Waals surface area contributed by atoms with Gasteiger partial charge in [0.05, 0.1) is 18.8 Å². The molecule has 0 aliphatic carbocycles. The molecule has 0 radical (unpaired) electrons. The second-order valence-corrected chi connectivity index (χ2v) is 6.67. The van der Waals surface area contributed by atoms with E-state index in [2.05, 4.69) is 15.1 Å². The summed E-state index contributed by atoms with van der Waals surface area (Å²) in [5, 5.41) is 4.95. The van der Waals surface area contributed by atoms with Gasteiger partial charge in [-0.05, 0) is 33.8 Å². The maximum Gasteiger partial charge on any atom is 0.435 e. The lowest BCUT2D eigenvalue weighted by Gasteiger charge is -2.19. The first kappa shape index (κ1) is 16.9. The van der Waals surface area contributed by atoms with Crippen LogP contribution in [0.4, 0.5) is 4.79 Å². The van der Waals surface area contributed by atoms with Gasteiger partial charge in [0, 0.05) is 35.0 Å². The molecular weight excluding hydrogens is 320 g/mol. The van der Waals surface area contributed by atoms with E-state index in [-0.39, 0.29) is 0 Å². The molecule has 0 saturated carbocycles. The van der Waals surface area contributed by atoms with Crippen molar-refractivity contribution < 1.29 is 14.3 Å². The third-order valence-electron chi connectivity index (χ3n) is 3.55. The Bertz CT molecular complexity index is 924. The van der Waals surface area contributed by atoms with Crippen LogP contribution in [0.1, 0.15) is 26.6 Å². The molecule has 0 aliphatic rings. The van der Waals surface area contributed by atoms with Crippen LogP contribution in [0.25, 0.3) is 22.0 Å². The molecule has 3 rings (SSSR count). The number of carbonyl (C=O) groups excluding carboxylic acids is 1. The van der Waals surface area contributed by atoms with Gasteiger partial charge in [-0.25, -0.2) is 14.8 Å². The average molecular weight is 340 g/mol. The van der Waals surface area contributed by atoms with Crippen LogP contribution in [0.15, 0.2) is 30.7 Å². The van der Waals surface area contributed by atoms with Gasteiger partial charge in [0.15, 0.2) is 0 Å². The summed E-state index contributed by atoms with van der Waals surface area (Å²) >= 11 is 0. The molecule has 0 saturated heterocycles. The Kier molecular flexibility index (Phi) is 4.16. The van der Waals surface area contributed by atoms with Gasteiger partial charge >= 0.3 is 6.09 Å². The molecule has 0 spiro atoms. The molecule has 25 heavy (non-hydrogen) atoms. The molecule has 0 unspecified atom stereocenters. The highest BCUT2D eigenvalue weighted by molar-refractivity contribution is 5.93. The van der Waals surface area contributed by atoms with Crippen LogP contribution in [0.5, 0.6) is 5.75 Å². The van der Waals surface area contributed by atoms with Gasteiger partial charge in [-0.3, -0.25) is 0 Å². The second-order valence-electron chi connectivity index (χ2n) is 6.67. The predicted octanol–water partition coefficient (Wildman–Crippen LogP) is 3.59. The predicted molar refractivity (Wildman–Crippen MR) is 93.7 cm³/mol. The largest absolute Gasteiger partial charge is 0.496 e. The molecule has 2 heterocycles. The molecule has 0 aliphatic heterocycles. The number of hydrogen-bond donors (Lipinski definition) is 0. The number of aryl methyl sites for hydroxylation is 1. The van der Waals surface area contributed by atoms with Crippen LogP contribution in [-0.4, -0.2) is 38.6 Å². The summed E-state index contributed by atoms with van der Waals surface area (Å²) in [6.07, 6.45) is 4.57. The molecular formula is C18H20N4O3. The lowest BCUT2D eigenvalue weighted by Crippen LogP contribution is -2.27. The quantitative estimate of drug-likeness (QED) is 0.709. The van der Waals surface area contributed by atoms with E-state index < -0.39 is 11.7 Å². The summed E-state index contributed by atoms with van der Waals surface area (Å²) in [7, 11) is 1.58. The van der Waals surface area contributed by atoms with E-state index in [1.165, 1.54) is 4.68 Å². The molecule has 0 bridgehead atoms. The van der Waals surface area contributed by atoms with Crippen LogP contribution in [0.3, 0.4) is 0 Å². The molecule has 0 amide bonds. The zero-order valence-corrected chi connectivity index (χ0v) is 14.9. The molecule has 1 aromatic carbocycles. The SMILES string of the molecule is COc1cc2c(cnn2C(=O)OC(C)(C)C)cc1-c1cnc(C)nc1. The van der Waals surface area contributed by atoms with E-state index in [1.807, 2.05) is 33.8 Å². The fourth-order valence-electron chi connectivity index (χ4n) is 2.43. The number of benzene rings is 1. The summed E-state index contributed by atoms with van der Waals surface area (Å²) in [6.45, 7) is 7.26. The van der Waals surface area contributed by atoms with Crippen LogP contribution < -0.4 is 4.74 Å². The first-order chi connectivity index (χ1) is 11.8. The Balaban J connectivity index is 2.09. The molecule has 0 N–H and O–H groups in total. The van der Waals surface area contributed by atoms with E-state index in [0.717, 1.165) is 16.5 Å². The number of ether oxygens (including phenoxy) is 2. The van der Waals surface area contributed by atoms with E-state index in [9.17, 15) is 4.79 Å². The number of nitrogens with zero attached hydrogens (tertiary/aromatic N) is 4. The van der Waals surface area contributed by atoms with Gasteiger partial charge in [-0.1, -0.05) is 0 Å². The molecule has 0 fully saturated rings. The van der Waals surface area contributed by atoms with Crippen LogP contribution >= 0.6 is 0 Å². The zero-order valence-electron chi connectivity index (χ0n) is 14.9. The number of carbonyl (C=O) groups is 1. The highest BCUT2D eigenvalue weighted by Crippen LogP contribution is 2.33. The molecule has 2 aromatic heterocycles. The van der Waals surface area contributed by atoms with Crippen LogP contribution in [0, 0.1) is 6.92 Å². The second kappa shape index (κ2) is 6.16. The minimum Gasteiger partial charge on any atom is -0.496 e. The Morgan fingerprint density at radius 1 is 1.12 bits per heavy atom. The zero-order chi connectivity index (χ0) is 18.2. The number of rotatable bonds is 2. The van der Waals surface area contributed by atoms with E-state index in [0.29, 0.717) is 17.1 Å². The molecule has 7 heteroatoms. The maximum absolute atomic E-state index is 12.3. The van der Waals surface area contributed by atoms with Crippen molar-refractivity contribution in [2.75, 3.05) is 7.11 Å². The first-order valence-corrected chi connectivity index (χ1v) is 7.86. The summed E-state index contributed by atoms with van der Waals surface area (Å²) in [5.74, 6) is 1.30. The number of hydrogen-bond acceptors (Lipinski definition) is 6. The van der Waals surface area contributed by atoms with Crippen molar-refractivity contribution in [2.24, 2.45) is 0 Å². The molecule has 3 aromatic rings. The summed E-state index contributed by atoms with van der Waals surface area (Å²) in [4.78, 5) is 20.8. The van der Waals surface area contributed by atoms with Crippen molar-refractivity contribution in [3.05, 3.63) is 36.5 Å².